The fourth-order valence-electron chi connectivity index (χ4n) is 1.84. The molecule has 0 atom stereocenters. The van der Waals surface area contributed by atoms with Crippen LogP contribution in [0.4, 0.5) is 10.5 Å². The lowest BCUT2D eigenvalue weighted by Crippen LogP contribution is -2.27. The fourth-order valence-corrected chi connectivity index (χ4v) is 1.84. The van der Waals surface area contributed by atoms with Crippen molar-refractivity contribution in [3.05, 3.63) is 29.3 Å². The van der Waals surface area contributed by atoms with Crippen molar-refractivity contribution in [2.24, 2.45) is 0 Å². The van der Waals surface area contributed by atoms with Crippen LogP contribution in [0.3, 0.4) is 0 Å². The molecule has 1 aromatic carbocycles. The molecule has 0 aromatic heterocycles. The van der Waals surface area contributed by atoms with Gasteiger partial charge in [0.25, 0.3) is 0 Å². The monoisotopic (exact) mass is 290 g/mol. The summed E-state index contributed by atoms with van der Waals surface area (Å²) >= 11 is 0. The van der Waals surface area contributed by atoms with Crippen molar-refractivity contribution in [2.45, 2.75) is 45.6 Å². The average molecular weight is 290 g/mol. The Morgan fingerprint density at radius 1 is 1.38 bits per heavy atom. The number of hydrogen-bond donors (Lipinski definition) is 2. The van der Waals surface area contributed by atoms with E-state index in [-0.39, 0.29) is 6.61 Å². The number of carbonyl (C=O) groups excluding carboxylic acids is 1. The predicted octanol–water partition coefficient (Wildman–Crippen LogP) is 3.22. The number of aliphatic hydroxyl groups is 1. The molecule has 0 unspecified atom stereocenters. The number of nitrogens with zero attached hydrogens (tertiary/aromatic N) is 1. The van der Waals surface area contributed by atoms with E-state index in [0.717, 1.165) is 12.0 Å². The molecule has 0 aliphatic heterocycles. The smallest absolute Gasteiger partial charge is 0.412 e. The molecule has 0 radical (unpaired) electrons. The first-order valence-corrected chi connectivity index (χ1v) is 6.99. The van der Waals surface area contributed by atoms with Crippen molar-refractivity contribution in [3.8, 4) is 6.07 Å². The third-order valence-corrected chi connectivity index (χ3v) is 2.73. The van der Waals surface area contributed by atoms with Gasteiger partial charge in [0, 0.05) is 12.3 Å². The maximum Gasteiger partial charge on any atom is 0.412 e. The standard InChI is InChI=1S/C16H22N2O3/c1-16(2,3)21-15(20)18-14-8-7-13(11-17)12(10-14)6-4-5-9-19/h7-8,10,19H,4-6,9H2,1-3H3,(H,18,20). The Morgan fingerprint density at radius 2 is 2.10 bits per heavy atom. The largest absolute Gasteiger partial charge is 0.444 e. The van der Waals surface area contributed by atoms with E-state index in [1.807, 2.05) is 0 Å². The van der Waals surface area contributed by atoms with E-state index in [0.29, 0.717) is 24.1 Å². The Labute approximate surface area is 125 Å². The molecule has 2 N–H and O–H groups in total. The molecule has 0 saturated heterocycles. The summed E-state index contributed by atoms with van der Waals surface area (Å²) in [6, 6.07) is 7.27. The zero-order chi connectivity index (χ0) is 15.9. The maximum absolute atomic E-state index is 11.7. The van der Waals surface area contributed by atoms with Crippen LogP contribution in [0, 0.1) is 11.3 Å². The Hall–Kier alpha value is -2.06. The predicted molar refractivity (Wildman–Crippen MR) is 81.0 cm³/mol. The molecular formula is C16H22N2O3. The molecule has 0 heterocycles. The Bertz CT molecular complexity index is 527. The highest BCUT2D eigenvalue weighted by Crippen LogP contribution is 2.19. The van der Waals surface area contributed by atoms with Crippen LogP contribution in [-0.2, 0) is 11.2 Å². The van der Waals surface area contributed by atoms with E-state index in [1.54, 1.807) is 39.0 Å². The lowest BCUT2D eigenvalue weighted by molar-refractivity contribution is 0.0636. The minimum Gasteiger partial charge on any atom is -0.444 e. The van der Waals surface area contributed by atoms with Gasteiger partial charge in [-0.05, 0) is 63.8 Å². The van der Waals surface area contributed by atoms with Gasteiger partial charge >= 0.3 is 6.09 Å². The number of carbonyl (C=O) groups is 1. The second-order valence-corrected chi connectivity index (χ2v) is 5.79. The molecule has 21 heavy (non-hydrogen) atoms. The first-order chi connectivity index (χ1) is 9.85. The van der Waals surface area contributed by atoms with Crippen molar-refractivity contribution in [1.82, 2.24) is 0 Å². The van der Waals surface area contributed by atoms with Gasteiger partial charge < -0.3 is 9.84 Å². The van der Waals surface area contributed by atoms with Gasteiger partial charge in [-0.25, -0.2) is 4.79 Å². The summed E-state index contributed by atoms with van der Waals surface area (Å²) in [4.78, 5) is 11.7. The molecule has 5 nitrogen and oxygen atoms in total. The molecule has 0 fully saturated rings. The highest BCUT2D eigenvalue weighted by atomic mass is 16.6. The zero-order valence-corrected chi connectivity index (χ0v) is 12.8. The van der Waals surface area contributed by atoms with Crippen LogP contribution in [0.1, 0.15) is 44.7 Å². The number of ether oxygens (including phenoxy) is 1. The van der Waals surface area contributed by atoms with E-state index in [4.69, 9.17) is 15.1 Å². The second-order valence-electron chi connectivity index (χ2n) is 5.79. The van der Waals surface area contributed by atoms with Crippen LogP contribution in [0.5, 0.6) is 0 Å². The van der Waals surface area contributed by atoms with Crippen LogP contribution in [0.25, 0.3) is 0 Å². The van der Waals surface area contributed by atoms with Gasteiger partial charge in [-0.3, -0.25) is 5.32 Å². The number of hydrogen-bond acceptors (Lipinski definition) is 4. The first-order valence-electron chi connectivity index (χ1n) is 6.99. The van der Waals surface area contributed by atoms with Crippen LogP contribution < -0.4 is 5.32 Å². The number of aliphatic hydroxyl groups excluding tert-OH is 1. The number of rotatable bonds is 5. The van der Waals surface area contributed by atoms with Gasteiger partial charge in [-0.1, -0.05) is 0 Å². The summed E-state index contributed by atoms with van der Waals surface area (Å²) in [6.45, 7) is 5.53. The summed E-state index contributed by atoms with van der Waals surface area (Å²) in [5, 5.41) is 20.6. The number of nitrogens with one attached hydrogen (secondary N) is 1. The van der Waals surface area contributed by atoms with E-state index in [2.05, 4.69) is 11.4 Å². The summed E-state index contributed by atoms with van der Waals surface area (Å²) in [5.41, 5.74) is 1.49. The molecular weight excluding hydrogens is 268 g/mol. The molecule has 1 rings (SSSR count). The van der Waals surface area contributed by atoms with Crippen molar-refractivity contribution in [3.63, 3.8) is 0 Å². The van der Waals surface area contributed by atoms with E-state index < -0.39 is 11.7 Å². The summed E-state index contributed by atoms with van der Waals surface area (Å²) in [5.74, 6) is 0. The van der Waals surface area contributed by atoms with Gasteiger partial charge in [0.15, 0.2) is 0 Å². The zero-order valence-electron chi connectivity index (χ0n) is 12.8. The first kappa shape index (κ1) is 17.0. The van der Waals surface area contributed by atoms with Crippen molar-refractivity contribution in [2.75, 3.05) is 11.9 Å². The Morgan fingerprint density at radius 3 is 2.67 bits per heavy atom. The lowest BCUT2D eigenvalue weighted by atomic mass is 10.0. The van der Waals surface area contributed by atoms with Crippen molar-refractivity contribution < 1.29 is 14.6 Å². The summed E-state index contributed by atoms with van der Waals surface area (Å²) in [6.07, 6.45) is 1.65. The van der Waals surface area contributed by atoms with Crippen LogP contribution >= 0.6 is 0 Å². The van der Waals surface area contributed by atoms with Crippen molar-refractivity contribution in [1.29, 1.82) is 5.26 Å². The molecule has 0 aliphatic carbocycles. The van der Waals surface area contributed by atoms with Gasteiger partial charge in [0.2, 0.25) is 0 Å². The van der Waals surface area contributed by atoms with Gasteiger partial charge in [-0.2, -0.15) is 5.26 Å². The topological polar surface area (TPSA) is 82.3 Å². The Balaban J connectivity index is 2.78. The van der Waals surface area contributed by atoms with E-state index >= 15 is 0 Å². The molecule has 0 saturated carbocycles. The maximum atomic E-state index is 11.7. The molecule has 114 valence electrons. The quantitative estimate of drug-likeness (QED) is 0.816. The number of aryl methyl sites for hydroxylation is 1. The van der Waals surface area contributed by atoms with E-state index in [1.165, 1.54) is 0 Å². The Kier molecular flexibility index (Phi) is 6.19. The van der Waals surface area contributed by atoms with Crippen LogP contribution in [0.2, 0.25) is 0 Å². The highest BCUT2D eigenvalue weighted by molar-refractivity contribution is 5.85. The number of anilines is 1. The van der Waals surface area contributed by atoms with Crippen LogP contribution in [-0.4, -0.2) is 23.4 Å². The van der Waals surface area contributed by atoms with Gasteiger partial charge in [0.05, 0.1) is 11.6 Å². The van der Waals surface area contributed by atoms with Crippen LogP contribution in [0.15, 0.2) is 18.2 Å². The minimum absolute atomic E-state index is 0.137. The molecule has 0 bridgehead atoms. The molecule has 5 heteroatoms. The number of unbranched alkanes of at least 4 members (excludes halogenated alkanes) is 1. The average Bonchev–Trinajstić information content (AvgIpc) is 2.37. The van der Waals surface area contributed by atoms with Gasteiger partial charge in [-0.15, -0.1) is 0 Å². The number of benzene rings is 1. The molecule has 0 aliphatic rings. The third-order valence-electron chi connectivity index (χ3n) is 2.73. The second kappa shape index (κ2) is 7.65. The SMILES string of the molecule is CC(C)(C)OC(=O)Nc1ccc(C#N)c(CCCCO)c1. The minimum atomic E-state index is -0.555. The molecule has 1 amide bonds. The van der Waals surface area contributed by atoms with E-state index in [9.17, 15) is 4.79 Å². The number of amides is 1. The molecule has 1 aromatic rings. The lowest BCUT2D eigenvalue weighted by Gasteiger charge is -2.20. The summed E-state index contributed by atoms with van der Waals surface area (Å²) in [7, 11) is 0. The normalized spacial score (nSPS) is 10.8. The highest BCUT2D eigenvalue weighted by Gasteiger charge is 2.16. The van der Waals surface area contributed by atoms with Gasteiger partial charge in [0.1, 0.15) is 5.60 Å². The summed E-state index contributed by atoms with van der Waals surface area (Å²) < 4.78 is 5.19. The number of nitriles is 1. The fraction of sp³-hybridized carbons (Fsp3) is 0.500. The molecule has 0 spiro atoms. The third kappa shape index (κ3) is 6.28. The van der Waals surface area contributed by atoms with Crippen molar-refractivity contribution >= 4 is 11.8 Å².